The van der Waals surface area contributed by atoms with Gasteiger partial charge in [-0.15, -0.1) is 0 Å². The Labute approximate surface area is 211 Å². The van der Waals surface area contributed by atoms with E-state index in [0.717, 1.165) is 5.75 Å². The number of nitrogens with one attached hydrogen (secondary N) is 2. The maximum absolute atomic E-state index is 12.8. The van der Waals surface area contributed by atoms with Crippen LogP contribution >= 0.6 is 0 Å². The molecule has 7 nitrogen and oxygen atoms in total. The number of amides is 2. The van der Waals surface area contributed by atoms with Crippen LogP contribution in [0.3, 0.4) is 0 Å². The maximum atomic E-state index is 12.8. The van der Waals surface area contributed by atoms with E-state index in [9.17, 15) is 19.5 Å². The van der Waals surface area contributed by atoms with Gasteiger partial charge in [0, 0.05) is 6.42 Å². The van der Waals surface area contributed by atoms with Crippen LogP contribution in [0.25, 0.3) is 0 Å². The van der Waals surface area contributed by atoms with Crippen LogP contribution in [0.2, 0.25) is 0 Å². The second-order valence-electron chi connectivity index (χ2n) is 9.48. The zero-order chi connectivity index (χ0) is 26.1. The number of benzene rings is 3. The van der Waals surface area contributed by atoms with Crippen LogP contribution in [-0.2, 0) is 10.2 Å². The van der Waals surface area contributed by atoms with E-state index in [1.807, 2.05) is 12.1 Å². The molecule has 0 aromatic heterocycles. The van der Waals surface area contributed by atoms with Crippen LogP contribution in [0.4, 0.5) is 11.4 Å². The summed E-state index contributed by atoms with van der Waals surface area (Å²) in [5.74, 6) is -1.06. The Morgan fingerprint density at radius 1 is 0.778 bits per heavy atom. The van der Waals surface area contributed by atoms with Gasteiger partial charge in [-0.1, -0.05) is 57.2 Å². The molecule has 2 amide bonds. The van der Waals surface area contributed by atoms with Crippen molar-refractivity contribution in [1.82, 2.24) is 0 Å². The summed E-state index contributed by atoms with van der Waals surface area (Å²) in [5.41, 5.74) is 2.11. The molecule has 3 aromatic rings. The molecule has 188 valence electrons. The number of carboxylic acid groups (broad SMARTS) is 1. The highest BCUT2D eigenvalue weighted by Gasteiger charge is 2.17. The predicted molar refractivity (Wildman–Crippen MR) is 141 cm³/mol. The standard InChI is InChI=1S/C29H32N2O5/c1-29(2,3)20-15-17-21(18-16-20)36-19-9-8-14-26(32)30-24-12-6-4-10-22(24)27(33)31-25-13-7-5-11-23(25)28(34)35/h4-7,10-13,15-18H,8-9,14,19H2,1-3H3,(H,30,32)(H,31,33)(H,34,35). The molecule has 0 bridgehead atoms. The quantitative estimate of drug-likeness (QED) is 0.298. The zero-order valence-corrected chi connectivity index (χ0v) is 20.8. The molecule has 0 radical (unpaired) electrons. The first-order valence-corrected chi connectivity index (χ1v) is 11.9. The Morgan fingerprint density at radius 2 is 1.36 bits per heavy atom. The number of rotatable bonds is 10. The molecule has 3 N–H and O–H groups in total. The number of carbonyl (C=O) groups is 3. The van der Waals surface area contributed by atoms with Gasteiger partial charge >= 0.3 is 5.97 Å². The fourth-order valence-electron chi connectivity index (χ4n) is 3.60. The molecule has 0 atom stereocenters. The number of carboxylic acids is 1. The number of unbranched alkanes of at least 4 members (excludes halogenated alkanes) is 1. The van der Waals surface area contributed by atoms with Gasteiger partial charge < -0.3 is 20.5 Å². The summed E-state index contributed by atoms with van der Waals surface area (Å²) in [5, 5.41) is 14.7. The van der Waals surface area contributed by atoms with Crippen molar-refractivity contribution >= 4 is 29.2 Å². The van der Waals surface area contributed by atoms with Crippen LogP contribution in [0.15, 0.2) is 72.8 Å². The minimum Gasteiger partial charge on any atom is -0.494 e. The van der Waals surface area contributed by atoms with Crippen molar-refractivity contribution in [3.8, 4) is 5.75 Å². The third-order valence-corrected chi connectivity index (χ3v) is 5.64. The van der Waals surface area contributed by atoms with E-state index >= 15 is 0 Å². The normalized spacial score (nSPS) is 11.0. The fourth-order valence-corrected chi connectivity index (χ4v) is 3.60. The van der Waals surface area contributed by atoms with Crippen molar-refractivity contribution in [3.63, 3.8) is 0 Å². The number of ether oxygens (including phenoxy) is 1. The molecule has 0 aliphatic heterocycles. The Balaban J connectivity index is 1.49. The van der Waals surface area contributed by atoms with E-state index in [4.69, 9.17) is 4.74 Å². The number of para-hydroxylation sites is 2. The number of anilines is 2. The minimum absolute atomic E-state index is 0.0141. The summed E-state index contributed by atoms with van der Waals surface area (Å²) in [7, 11) is 0. The Kier molecular flexibility index (Phi) is 8.84. The lowest BCUT2D eigenvalue weighted by molar-refractivity contribution is -0.116. The van der Waals surface area contributed by atoms with Gasteiger partial charge in [0.15, 0.2) is 0 Å². The Bertz CT molecular complexity index is 1210. The molecule has 3 aromatic carbocycles. The van der Waals surface area contributed by atoms with E-state index in [1.54, 1.807) is 36.4 Å². The van der Waals surface area contributed by atoms with E-state index in [2.05, 4.69) is 43.5 Å². The maximum Gasteiger partial charge on any atom is 0.337 e. The first kappa shape index (κ1) is 26.5. The van der Waals surface area contributed by atoms with E-state index in [-0.39, 0.29) is 34.6 Å². The minimum atomic E-state index is -1.14. The molecule has 0 aliphatic carbocycles. The zero-order valence-electron chi connectivity index (χ0n) is 20.8. The SMILES string of the molecule is CC(C)(C)c1ccc(OCCCCC(=O)Nc2ccccc2C(=O)Nc2ccccc2C(=O)O)cc1. The van der Waals surface area contributed by atoms with Gasteiger partial charge in [-0.3, -0.25) is 9.59 Å². The average Bonchev–Trinajstić information content (AvgIpc) is 2.84. The first-order valence-electron chi connectivity index (χ1n) is 11.9. The van der Waals surface area contributed by atoms with Crippen molar-refractivity contribution in [2.24, 2.45) is 0 Å². The van der Waals surface area contributed by atoms with Gasteiger partial charge in [-0.25, -0.2) is 4.79 Å². The second-order valence-corrected chi connectivity index (χ2v) is 9.48. The van der Waals surface area contributed by atoms with E-state index in [0.29, 0.717) is 25.1 Å². The van der Waals surface area contributed by atoms with Crippen LogP contribution in [0.1, 0.15) is 66.3 Å². The molecule has 0 saturated carbocycles. The topological polar surface area (TPSA) is 105 Å². The fraction of sp³-hybridized carbons (Fsp3) is 0.276. The Hall–Kier alpha value is -4.13. The largest absolute Gasteiger partial charge is 0.494 e. The molecule has 0 heterocycles. The van der Waals surface area contributed by atoms with Crippen LogP contribution < -0.4 is 15.4 Å². The summed E-state index contributed by atoms with van der Waals surface area (Å²) in [6.07, 6.45) is 1.62. The van der Waals surface area contributed by atoms with Gasteiger partial charge in [0.05, 0.1) is 29.1 Å². The highest BCUT2D eigenvalue weighted by molar-refractivity contribution is 6.12. The summed E-state index contributed by atoms with van der Waals surface area (Å²) in [6, 6.07) is 20.8. The lowest BCUT2D eigenvalue weighted by atomic mass is 9.87. The van der Waals surface area contributed by atoms with Crippen molar-refractivity contribution in [3.05, 3.63) is 89.5 Å². The highest BCUT2D eigenvalue weighted by Crippen LogP contribution is 2.24. The molecule has 36 heavy (non-hydrogen) atoms. The molecule has 0 spiro atoms. The summed E-state index contributed by atoms with van der Waals surface area (Å²) in [4.78, 5) is 36.7. The van der Waals surface area contributed by atoms with E-state index < -0.39 is 11.9 Å². The van der Waals surface area contributed by atoms with Crippen molar-refractivity contribution in [2.45, 2.75) is 45.4 Å². The number of carbonyl (C=O) groups excluding carboxylic acids is 2. The predicted octanol–water partition coefficient (Wildman–Crippen LogP) is 6.12. The number of hydrogen-bond acceptors (Lipinski definition) is 4. The third kappa shape index (κ3) is 7.43. The number of hydrogen-bond donors (Lipinski definition) is 3. The first-order chi connectivity index (χ1) is 17.1. The molecule has 0 saturated heterocycles. The lowest BCUT2D eigenvalue weighted by Crippen LogP contribution is -2.19. The molecule has 3 rings (SSSR count). The van der Waals surface area contributed by atoms with Gasteiger partial charge in [-0.05, 0) is 60.2 Å². The van der Waals surface area contributed by atoms with Gasteiger partial charge in [0.2, 0.25) is 5.91 Å². The molecular formula is C29H32N2O5. The summed E-state index contributed by atoms with van der Waals surface area (Å²) >= 11 is 0. The summed E-state index contributed by atoms with van der Waals surface area (Å²) in [6.45, 7) is 7.00. The molecule has 0 fully saturated rings. The average molecular weight is 489 g/mol. The lowest BCUT2D eigenvalue weighted by Gasteiger charge is -2.19. The molecule has 0 aliphatic rings. The van der Waals surface area contributed by atoms with Crippen LogP contribution in [0.5, 0.6) is 5.75 Å². The van der Waals surface area contributed by atoms with Gasteiger partial charge in [-0.2, -0.15) is 0 Å². The van der Waals surface area contributed by atoms with Crippen molar-refractivity contribution in [2.75, 3.05) is 17.2 Å². The third-order valence-electron chi connectivity index (χ3n) is 5.64. The molecular weight excluding hydrogens is 456 g/mol. The Morgan fingerprint density at radius 3 is 1.97 bits per heavy atom. The van der Waals surface area contributed by atoms with Crippen LogP contribution in [-0.4, -0.2) is 29.5 Å². The smallest absolute Gasteiger partial charge is 0.337 e. The monoisotopic (exact) mass is 488 g/mol. The van der Waals surface area contributed by atoms with Gasteiger partial charge in [0.25, 0.3) is 5.91 Å². The molecule has 0 unspecified atom stereocenters. The van der Waals surface area contributed by atoms with Gasteiger partial charge in [0.1, 0.15) is 5.75 Å². The highest BCUT2D eigenvalue weighted by atomic mass is 16.5. The van der Waals surface area contributed by atoms with Crippen LogP contribution in [0, 0.1) is 0 Å². The van der Waals surface area contributed by atoms with Crippen molar-refractivity contribution in [1.29, 1.82) is 0 Å². The summed E-state index contributed by atoms with van der Waals surface area (Å²) < 4.78 is 5.78. The number of aromatic carboxylic acids is 1. The molecule has 7 heteroatoms. The second kappa shape index (κ2) is 12.0. The van der Waals surface area contributed by atoms with E-state index in [1.165, 1.54) is 17.7 Å². The van der Waals surface area contributed by atoms with Crippen molar-refractivity contribution < 1.29 is 24.2 Å².